The molecule has 4 rings (SSSR count). The molecule has 0 saturated carbocycles. The molecule has 2 aromatic heterocycles. The summed E-state index contributed by atoms with van der Waals surface area (Å²) in [4.78, 5) is 13.4. The highest BCUT2D eigenvalue weighted by molar-refractivity contribution is 8.00. The lowest BCUT2D eigenvalue weighted by atomic mass is 10.1. The van der Waals surface area contributed by atoms with Crippen molar-refractivity contribution in [3.8, 4) is 11.3 Å². The molecule has 0 aliphatic carbocycles. The van der Waals surface area contributed by atoms with E-state index in [1.807, 2.05) is 12.1 Å². The van der Waals surface area contributed by atoms with Gasteiger partial charge in [0.1, 0.15) is 28.8 Å². The summed E-state index contributed by atoms with van der Waals surface area (Å²) in [6.07, 6.45) is -3.21. The number of nitrogens with zero attached hydrogens (tertiary/aromatic N) is 3. The van der Waals surface area contributed by atoms with Gasteiger partial charge in [0.05, 0.1) is 18.6 Å². The summed E-state index contributed by atoms with van der Waals surface area (Å²) in [6, 6.07) is 16.1. The molecule has 170 valence electrons. The summed E-state index contributed by atoms with van der Waals surface area (Å²) in [7, 11) is 0. The highest BCUT2D eigenvalue weighted by Gasteiger charge is 2.33. The van der Waals surface area contributed by atoms with E-state index in [0.29, 0.717) is 26.6 Å². The van der Waals surface area contributed by atoms with E-state index in [-0.39, 0.29) is 23.9 Å². The van der Waals surface area contributed by atoms with Crippen LogP contribution in [-0.2, 0) is 11.3 Å². The number of furan rings is 1. The highest BCUT2D eigenvalue weighted by atomic mass is 32.2. The fourth-order valence-electron chi connectivity index (χ4n) is 3.27. The van der Waals surface area contributed by atoms with Gasteiger partial charge in [-0.3, -0.25) is 4.79 Å². The van der Waals surface area contributed by atoms with E-state index in [0.717, 1.165) is 17.1 Å². The van der Waals surface area contributed by atoms with E-state index in [9.17, 15) is 22.4 Å². The number of carbonyl (C=O) groups excluding carboxylic acids is 1. The number of fused-ring (bicyclic) bond motifs is 1. The number of rotatable bonds is 7. The summed E-state index contributed by atoms with van der Waals surface area (Å²) in [5.74, 6) is -1.08. The molecule has 0 bridgehead atoms. The van der Waals surface area contributed by atoms with E-state index < -0.39 is 18.6 Å². The SMILES string of the molecule is O=C(CSc1nnc(-c2ccc(F)cc2)c2ccccc12)N(Cc1ccco1)CC(F)(F)F. The molecular weight excluding hydrogens is 458 g/mol. The second kappa shape index (κ2) is 9.62. The van der Waals surface area contributed by atoms with Gasteiger partial charge in [-0.1, -0.05) is 36.0 Å². The molecule has 0 aliphatic rings. The molecule has 2 aromatic carbocycles. The van der Waals surface area contributed by atoms with Crippen LogP contribution in [0.3, 0.4) is 0 Å². The smallest absolute Gasteiger partial charge is 0.406 e. The number of aromatic nitrogens is 2. The van der Waals surface area contributed by atoms with Crippen LogP contribution in [0.4, 0.5) is 17.6 Å². The first-order valence-electron chi connectivity index (χ1n) is 9.81. The van der Waals surface area contributed by atoms with Gasteiger partial charge in [-0.05, 0) is 36.4 Å². The monoisotopic (exact) mass is 475 g/mol. The lowest BCUT2D eigenvalue weighted by molar-refractivity contribution is -0.161. The predicted molar refractivity (Wildman–Crippen MR) is 116 cm³/mol. The van der Waals surface area contributed by atoms with Crippen LogP contribution in [0.5, 0.6) is 0 Å². The van der Waals surface area contributed by atoms with Crippen LogP contribution in [0.1, 0.15) is 5.76 Å². The fraction of sp³-hybridized carbons (Fsp3) is 0.174. The number of thioether (sulfide) groups is 1. The molecule has 0 radical (unpaired) electrons. The first-order chi connectivity index (χ1) is 15.8. The van der Waals surface area contributed by atoms with Crippen molar-refractivity contribution in [2.45, 2.75) is 17.7 Å². The number of halogens is 4. The average molecular weight is 475 g/mol. The second-order valence-corrected chi connectivity index (χ2v) is 8.10. The zero-order valence-corrected chi connectivity index (χ0v) is 17.9. The van der Waals surface area contributed by atoms with Crippen molar-refractivity contribution in [3.63, 3.8) is 0 Å². The summed E-state index contributed by atoms with van der Waals surface area (Å²) in [5, 5.41) is 10.3. The lowest BCUT2D eigenvalue weighted by Crippen LogP contribution is -2.39. The van der Waals surface area contributed by atoms with Crippen molar-refractivity contribution in [1.29, 1.82) is 0 Å². The average Bonchev–Trinajstić information content (AvgIpc) is 3.30. The Morgan fingerprint density at radius 3 is 2.36 bits per heavy atom. The van der Waals surface area contributed by atoms with Crippen molar-refractivity contribution >= 4 is 28.4 Å². The maximum absolute atomic E-state index is 13.3. The zero-order valence-electron chi connectivity index (χ0n) is 17.1. The Hall–Kier alpha value is -3.40. The number of alkyl halides is 3. The highest BCUT2D eigenvalue weighted by Crippen LogP contribution is 2.32. The molecule has 0 saturated heterocycles. The normalized spacial score (nSPS) is 11.6. The Balaban J connectivity index is 1.56. The maximum atomic E-state index is 13.3. The predicted octanol–water partition coefficient (Wildman–Crippen LogP) is 5.71. The summed E-state index contributed by atoms with van der Waals surface area (Å²) < 4.78 is 57.4. The molecule has 2 heterocycles. The molecule has 10 heteroatoms. The van der Waals surface area contributed by atoms with E-state index in [1.165, 1.54) is 24.5 Å². The molecular formula is C23H17F4N3O2S. The number of hydrogen-bond acceptors (Lipinski definition) is 5. The molecule has 33 heavy (non-hydrogen) atoms. The number of amides is 1. The topological polar surface area (TPSA) is 59.2 Å². The van der Waals surface area contributed by atoms with Crippen LogP contribution in [0.15, 0.2) is 76.4 Å². The van der Waals surface area contributed by atoms with Crippen LogP contribution in [0.2, 0.25) is 0 Å². The van der Waals surface area contributed by atoms with E-state index in [1.54, 1.807) is 30.3 Å². The Morgan fingerprint density at radius 2 is 1.70 bits per heavy atom. The van der Waals surface area contributed by atoms with Gasteiger partial charge in [0.2, 0.25) is 5.91 Å². The van der Waals surface area contributed by atoms with Gasteiger partial charge in [-0.2, -0.15) is 13.2 Å². The maximum Gasteiger partial charge on any atom is 0.406 e. The molecule has 0 aliphatic heterocycles. The summed E-state index contributed by atoms with van der Waals surface area (Å²) in [6.45, 7) is -1.68. The molecule has 0 fully saturated rings. The van der Waals surface area contributed by atoms with Crippen molar-refractivity contribution in [1.82, 2.24) is 15.1 Å². The number of carbonyl (C=O) groups is 1. The van der Waals surface area contributed by atoms with E-state index >= 15 is 0 Å². The summed E-state index contributed by atoms with van der Waals surface area (Å²) in [5.41, 5.74) is 1.21. The molecule has 5 nitrogen and oxygen atoms in total. The van der Waals surface area contributed by atoms with Gasteiger partial charge in [0, 0.05) is 16.3 Å². The first-order valence-corrected chi connectivity index (χ1v) is 10.8. The Labute approximate surface area is 190 Å². The van der Waals surface area contributed by atoms with E-state index in [4.69, 9.17) is 4.42 Å². The Morgan fingerprint density at radius 1 is 0.970 bits per heavy atom. The van der Waals surface area contributed by atoms with Gasteiger partial charge >= 0.3 is 6.18 Å². The van der Waals surface area contributed by atoms with Gasteiger partial charge in [-0.15, -0.1) is 10.2 Å². The van der Waals surface area contributed by atoms with Crippen LogP contribution < -0.4 is 0 Å². The molecule has 0 spiro atoms. The van der Waals surface area contributed by atoms with Crippen LogP contribution in [-0.4, -0.2) is 39.5 Å². The molecule has 0 unspecified atom stereocenters. The van der Waals surface area contributed by atoms with Crippen molar-refractivity contribution in [2.75, 3.05) is 12.3 Å². The first kappa shape index (κ1) is 22.8. The van der Waals surface area contributed by atoms with Gasteiger partial charge in [-0.25, -0.2) is 4.39 Å². The fourth-order valence-corrected chi connectivity index (χ4v) is 4.14. The summed E-state index contributed by atoms with van der Waals surface area (Å²) >= 11 is 1.01. The third-order valence-electron chi connectivity index (χ3n) is 4.75. The van der Waals surface area contributed by atoms with Crippen LogP contribution >= 0.6 is 11.8 Å². The van der Waals surface area contributed by atoms with Gasteiger partial charge < -0.3 is 9.32 Å². The van der Waals surface area contributed by atoms with Crippen molar-refractivity contribution < 1.29 is 26.8 Å². The second-order valence-electron chi connectivity index (χ2n) is 7.14. The number of hydrogen-bond donors (Lipinski definition) is 0. The standard InChI is InChI=1S/C23H17F4N3O2S/c24-16-9-7-15(8-10-16)21-18-5-1-2-6-19(18)22(29-28-21)33-13-20(31)30(14-23(25,26)27)12-17-4-3-11-32-17/h1-11H,12-14H2. The van der Waals surface area contributed by atoms with Crippen molar-refractivity contribution in [3.05, 3.63) is 78.5 Å². The lowest BCUT2D eigenvalue weighted by Gasteiger charge is -2.23. The Bertz CT molecular complexity index is 1250. The van der Waals surface area contributed by atoms with Crippen LogP contribution in [0.25, 0.3) is 22.0 Å². The molecule has 4 aromatic rings. The third kappa shape index (κ3) is 5.70. The van der Waals surface area contributed by atoms with Gasteiger partial charge in [0.25, 0.3) is 0 Å². The minimum absolute atomic E-state index is 0.256. The minimum atomic E-state index is -4.55. The van der Waals surface area contributed by atoms with Gasteiger partial charge in [0.15, 0.2) is 0 Å². The zero-order chi connectivity index (χ0) is 23.4. The van der Waals surface area contributed by atoms with Crippen LogP contribution in [0, 0.1) is 5.82 Å². The molecule has 1 amide bonds. The largest absolute Gasteiger partial charge is 0.467 e. The molecule has 0 atom stereocenters. The van der Waals surface area contributed by atoms with Crippen molar-refractivity contribution in [2.24, 2.45) is 0 Å². The molecule has 0 N–H and O–H groups in total. The third-order valence-corrected chi connectivity index (χ3v) is 5.72. The van der Waals surface area contributed by atoms with E-state index in [2.05, 4.69) is 10.2 Å². The quantitative estimate of drug-likeness (QED) is 0.253. The minimum Gasteiger partial charge on any atom is -0.467 e. The Kier molecular flexibility index (Phi) is 6.64. The number of benzene rings is 2.